The van der Waals surface area contributed by atoms with Crippen molar-refractivity contribution in [2.45, 2.75) is 24.8 Å². The molecule has 2 aromatic rings. The van der Waals surface area contributed by atoms with Crippen LogP contribution in [-0.2, 0) is 16.0 Å². The van der Waals surface area contributed by atoms with E-state index in [2.05, 4.69) is 29.2 Å². The smallest absolute Gasteiger partial charge is 0.327 e. The molecule has 0 N–H and O–H groups in total. The monoisotopic (exact) mass is 447 g/mol. The van der Waals surface area contributed by atoms with Crippen molar-refractivity contribution in [1.82, 2.24) is 14.7 Å². The zero-order valence-electron chi connectivity index (χ0n) is 19.4. The zero-order valence-corrected chi connectivity index (χ0v) is 19.4. The molecule has 2 saturated heterocycles. The van der Waals surface area contributed by atoms with Crippen molar-refractivity contribution in [2.24, 2.45) is 0 Å². The van der Waals surface area contributed by atoms with Crippen LogP contribution in [0.2, 0.25) is 0 Å². The van der Waals surface area contributed by atoms with E-state index in [9.17, 15) is 9.59 Å². The van der Waals surface area contributed by atoms with Gasteiger partial charge in [0.15, 0.2) is 0 Å². The molecule has 2 aromatic carbocycles. The second kappa shape index (κ2) is 10.8. The molecule has 0 unspecified atom stereocenters. The first-order valence-corrected chi connectivity index (χ1v) is 11.7. The minimum Gasteiger partial charge on any atom is -0.383 e. The van der Waals surface area contributed by atoms with E-state index in [1.54, 1.807) is 12.0 Å². The maximum Gasteiger partial charge on any atom is 0.327 e. The highest BCUT2D eigenvalue weighted by molar-refractivity contribution is 6.07. The molecular weight excluding hydrogens is 414 g/mol. The standard InChI is InChI=1S/C27H33N3O3/c1-33-22-21-30-26(32)29(18-14-24-11-6-3-7-12-24)25(31)27(30)15-19-28(20-16-27)17-8-13-23-9-4-2-5-10-23/h2-13H,14-22H2,1H3. The van der Waals surface area contributed by atoms with Crippen LogP contribution in [0.3, 0.4) is 0 Å². The van der Waals surface area contributed by atoms with Crippen molar-refractivity contribution in [2.75, 3.05) is 46.4 Å². The van der Waals surface area contributed by atoms with E-state index >= 15 is 0 Å². The van der Waals surface area contributed by atoms with Gasteiger partial charge < -0.3 is 9.64 Å². The van der Waals surface area contributed by atoms with Gasteiger partial charge in [-0.3, -0.25) is 14.6 Å². The third-order valence-corrected chi connectivity index (χ3v) is 6.76. The number of hydrogen-bond donors (Lipinski definition) is 0. The molecule has 6 heteroatoms. The topological polar surface area (TPSA) is 53.1 Å². The molecule has 0 saturated carbocycles. The summed E-state index contributed by atoms with van der Waals surface area (Å²) in [6, 6.07) is 20.1. The fourth-order valence-electron chi connectivity index (χ4n) is 4.85. The lowest BCUT2D eigenvalue weighted by molar-refractivity contribution is -0.135. The summed E-state index contributed by atoms with van der Waals surface area (Å²) in [4.78, 5) is 32.5. The fraction of sp³-hybridized carbons (Fsp3) is 0.407. The Labute approximate surface area is 196 Å². The number of urea groups is 1. The Kier molecular flexibility index (Phi) is 7.57. The summed E-state index contributed by atoms with van der Waals surface area (Å²) in [5.41, 5.74) is 1.57. The number of rotatable bonds is 9. The van der Waals surface area contributed by atoms with Crippen LogP contribution >= 0.6 is 0 Å². The van der Waals surface area contributed by atoms with Crippen molar-refractivity contribution in [1.29, 1.82) is 0 Å². The molecule has 174 valence electrons. The van der Waals surface area contributed by atoms with Crippen LogP contribution in [0.1, 0.15) is 24.0 Å². The lowest BCUT2D eigenvalue weighted by Crippen LogP contribution is -2.57. The number of imide groups is 1. The van der Waals surface area contributed by atoms with Gasteiger partial charge in [-0.25, -0.2) is 4.79 Å². The highest BCUT2D eigenvalue weighted by Gasteiger charge is 2.57. The minimum absolute atomic E-state index is 0.0426. The summed E-state index contributed by atoms with van der Waals surface area (Å²) in [5, 5.41) is 0. The molecule has 33 heavy (non-hydrogen) atoms. The maximum absolute atomic E-state index is 13.6. The number of hydrogen-bond acceptors (Lipinski definition) is 4. The molecule has 4 rings (SSSR count). The SMILES string of the molecule is COCCN1C(=O)N(CCc2ccccc2)C(=O)C12CCN(CC=Cc1ccccc1)CC2. The second-order valence-corrected chi connectivity index (χ2v) is 8.76. The van der Waals surface area contributed by atoms with E-state index in [0.29, 0.717) is 39.0 Å². The van der Waals surface area contributed by atoms with Gasteiger partial charge in [-0.2, -0.15) is 0 Å². The van der Waals surface area contributed by atoms with E-state index < -0.39 is 5.54 Å². The number of methoxy groups -OCH3 is 1. The van der Waals surface area contributed by atoms with Crippen molar-refractivity contribution >= 4 is 18.0 Å². The number of piperidine rings is 1. The number of benzene rings is 2. The molecule has 0 aromatic heterocycles. The average Bonchev–Trinajstić information content (AvgIpc) is 3.04. The molecule has 3 amide bonds. The molecule has 1 spiro atoms. The Morgan fingerprint density at radius 2 is 1.61 bits per heavy atom. The molecule has 0 bridgehead atoms. The van der Waals surface area contributed by atoms with Crippen molar-refractivity contribution < 1.29 is 14.3 Å². The lowest BCUT2D eigenvalue weighted by atomic mass is 9.85. The van der Waals surface area contributed by atoms with Gasteiger partial charge in [0, 0.05) is 39.8 Å². The van der Waals surface area contributed by atoms with E-state index in [4.69, 9.17) is 4.74 Å². The third kappa shape index (κ3) is 5.18. The average molecular weight is 448 g/mol. The van der Waals surface area contributed by atoms with Crippen LogP contribution in [0, 0.1) is 0 Å². The third-order valence-electron chi connectivity index (χ3n) is 6.76. The molecule has 0 aliphatic carbocycles. The quantitative estimate of drug-likeness (QED) is 0.550. The maximum atomic E-state index is 13.6. The number of amides is 3. The Morgan fingerprint density at radius 3 is 2.27 bits per heavy atom. The fourth-order valence-corrected chi connectivity index (χ4v) is 4.85. The molecule has 2 fully saturated rings. The first kappa shape index (κ1) is 23.2. The summed E-state index contributed by atoms with van der Waals surface area (Å²) in [6.45, 7) is 3.69. The first-order chi connectivity index (χ1) is 16.1. The van der Waals surface area contributed by atoms with E-state index in [-0.39, 0.29) is 11.9 Å². The number of likely N-dealkylation sites (tertiary alicyclic amines) is 1. The predicted octanol–water partition coefficient (Wildman–Crippen LogP) is 3.69. The van der Waals surface area contributed by atoms with Gasteiger partial charge >= 0.3 is 6.03 Å². The van der Waals surface area contributed by atoms with Gasteiger partial charge in [-0.1, -0.05) is 72.8 Å². The second-order valence-electron chi connectivity index (χ2n) is 8.76. The lowest BCUT2D eigenvalue weighted by Gasteiger charge is -2.42. The Hall–Kier alpha value is -2.96. The number of ether oxygens (including phenoxy) is 1. The van der Waals surface area contributed by atoms with Crippen LogP contribution in [0.5, 0.6) is 0 Å². The zero-order chi connectivity index (χ0) is 23.1. The van der Waals surface area contributed by atoms with Crippen molar-refractivity contribution in [3.63, 3.8) is 0 Å². The molecule has 2 aliphatic heterocycles. The van der Waals surface area contributed by atoms with Crippen molar-refractivity contribution in [3.8, 4) is 0 Å². The Balaban J connectivity index is 1.41. The van der Waals surface area contributed by atoms with Crippen LogP contribution in [0.25, 0.3) is 6.08 Å². The van der Waals surface area contributed by atoms with Gasteiger partial charge in [-0.15, -0.1) is 0 Å². The summed E-state index contributed by atoms with van der Waals surface area (Å²) in [5.74, 6) is -0.0426. The molecule has 2 aliphatic rings. The predicted molar refractivity (Wildman–Crippen MR) is 130 cm³/mol. The van der Waals surface area contributed by atoms with Crippen LogP contribution < -0.4 is 0 Å². The van der Waals surface area contributed by atoms with Gasteiger partial charge in [-0.05, 0) is 30.4 Å². The highest BCUT2D eigenvalue weighted by atomic mass is 16.5. The highest BCUT2D eigenvalue weighted by Crippen LogP contribution is 2.37. The van der Waals surface area contributed by atoms with E-state index in [1.807, 2.05) is 48.5 Å². The van der Waals surface area contributed by atoms with E-state index in [1.165, 1.54) is 10.5 Å². The van der Waals surface area contributed by atoms with Gasteiger partial charge in [0.1, 0.15) is 5.54 Å². The number of carbonyl (C=O) groups is 2. The van der Waals surface area contributed by atoms with E-state index in [0.717, 1.165) is 25.2 Å². The molecule has 0 atom stereocenters. The van der Waals surface area contributed by atoms with Gasteiger partial charge in [0.25, 0.3) is 5.91 Å². The molecule has 6 nitrogen and oxygen atoms in total. The first-order valence-electron chi connectivity index (χ1n) is 11.7. The Morgan fingerprint density at radius 1 is 0.939 bits per heavy atom. The van der Waals surface area contributed by atoms with Crippen LogP contribution in [0.15, 0.2) is 66.7 Å². The summed E-state index contributed by atoms with van der Waals surface area (Å²) >= 11 is 0. The largest absolute Gasteiger partial charge is 0.383 e. The van der Waals surface area contributed by atoms with Crippen LogP contribution in [0.4, 0.5) is 4.79 Å². The molecule has 2 heterocycles. The Bertz CT molecular complexity index is 953. The van der Waals surface area contributed by atoms with Crippen molar-refractivity contribution in [3.05, 3.63) is 77.9 Å². The van der Waals surface area contributed by atoms with Crippen LogP contribution in [-0.4, -0.2) is 78.6 Å². The molecule has 0 radical (unpaired) electrons. The summed E-state index contributed by atoms with van der Waals surface area (Å²) in [6.07, 6.45) is 6.28. The number of nitrogens with zero attached hydrogens (tertiary/aromatic N) is 3. The van der Waals surface area contributed by atoms with Gasteiger partial charge in [0.05, 0.1) is 6.61 Å². The summed E-state index contributed by atoms with van der Waals surface area (Å²) < 4.78 is 5.26. The molecular formula is C27H33N3O3. The summed E-state index contributed by atoms with van der Waals surface area (Å²) in [7, 11) is 1.63. The minimum atomic E-state index is -0.744. The number of carbonyl (C=O) groups excluding carboxylic acids is 2. The van der Waals surface area contributed by atoms with Gasteiger partial charge in [0.2, 0.25) is 0 Å². The normalized spacial score (nSPS) is 18.7.